The standard InChI is InChI=1S/C7H6N2O3S.2K.H2S/c1-2-12-7(11)9-6(10)5(3-8)4-13;;;/h2H2,1H3,(H-,9,10,11,13);;;1H2/q-2;2*+1;/p-1. The first kappa shape index (κ1) is 26.6. The molecule has 0 spiro atoms. The van der Waals surface area contributed by atoms with Crippen LogP contribution >= 0.6 is 0 Å². The Labute approximate surface area is 192 Å². The summed E-state index contributed by atoms with van der Waals surface area (Å²) in [5.41, 5.74) is -0.428. The third-order valence-corrected chi connectivity index (χ3v) is 1.14. The Hall–Kier alpha value is 2.01. The van der Waals surface area contributed by atoms with E-state index in [4.69, 9.17) is 5.26 Å². The zero-order chi connectivity index (χ0) is 10.3. The molecule has 0 aliphatic carbocycles. The fourth-order valence-electron chi connectivity index (χ4n) is 0.442. The number of hydrogen-bond donors (Lipinski definition) is 1. The Bertz CT molecular complexity index is 292. The molecule has 0 atom stereocenters. The van der Waals surface area contributed by atoms with E-state index in [2.05, 4.69) is 17.4 Å². The monoisotopic (exact) mass is 309 g/mol. The number of nitrogens with zero attached hydrogens (tertiary/aromatic N) is 1. The first-order valence-corrected chi connectivity index (χ1v) is 3.69. The van der Waals surface area contributed by atoms with Gasteiger partial charge in [-0.05, 0) is 6.92 Å². The number of alkyl carbamates (subject to hydrolysis) is 1. The van der Waals surface area contributed by atoms with Gasteiger partial charge in [0.1, 0.15) is 0 Å². The second-order valence-corrected chi connectivity index (χ2v) is 1.97. The van der Waals surface area contributed by atoms with Gasteiger partial charge in [0.15, 0.2) is 5.91 Å². The van der Waals surface area contributed by atoms with E-state index in [1.165, 1.54) is 6.07 Å². The van der Waals surface area contributed by atoms with Crippen LogP contribution in [0, 0.1) is 16.7 Å². The minimum atomic E-state index is -0.912. The molecule has 0 aromatic carbocycles. The SMILES string of the molecule is CCOC(=O)NC(=O)C(C#N)=[C-][S-].[K+].[K+].[SH-]. The van der Waals surface area contributed by atoms with Crippen molar-refractivity contribution in [2.24, 2.45) is 0 Å². The maximum absolute atomic E-state index is 10.9. The molecule has 0 unspecified atom stereocenters. The van der Waals surface area contributed by atoms with Gasteiger partial charge in [0.2, 0.25) is 0 Å². The molecule has 0 aromatic rings. The number of amides is 2. The average Bonchev–Trinajstić information content (AvgIpc) is 2.06. The van der Waals surface area contributed by atoms with E-state index in [0.717, 1.165) is 0 Å². The van der Waals surface area contributed by atoms with E-state index < -0.39 is 17.6 Å². The summed E-state index contributed by atoms with van der Waals surface area (Å²) in [6.07, 6.45) is -0.912. The summed E-state index contributed by atoms with van der Waals surface area (Å²) in [6, 6.07) is 1.48. The molecule has 0 saturated carbocycles. The van der Waals surface area contributed by atoms with Crippen LogP contribution in [-0.4, -0.2) is 18.6 Å². The van der Waals surface area contributed by atoms with Crippen molar-refractivity contribution < 1.29 is 117 Å². The smallest absolute Gasteiger partial charge is 0.871 e. The van der Waals surface area contributed by atoms with Crippen molar-refractivity contribution in [3.8, 4) is 6.07 Å². The first-order chi connectivity index (χ1) is 6.15. The van der Waals surface area contributed by atoms with Crippen molar-refractivity contribution in [1.82, 2.24) is 5.32 Å². The number of nitriles is 1. The zero-order valence-electron chi connectivity index (χ0n) is 9.23. The minimum Gasteiger partial charge on any atom is -0.871 e. The van der Waals surface area contributed by atoms with Crippen LogP contribution in [0.1, 0.15) is 6.92 Å². The maximum atomic E-state index is 10.9. The van der Waals surface area contributed by atoms with E-state index >= 15 is 0 Å². The number of imide groups is 1. The van der Waals surface area contributed by atoms with Crippen LogP contribution in [-0.2, 0) is 35.7 Å². The van der Waals surface area contributed by atoms with Gasteiger partial charge in [0, 0.05) is 0 Å². The number of hydrogen-bond acceptors (Lipinski definition) is 6. The van der Waals surface area contributed by atoms with E-state index in [0.29, 0.717) is 0 Å². The Morgan fingerprint density at radius 1 is 1.50 bits per heavy atom. The molecule has 0 bridgehead atoms. The molecular formula is C7H7K2N2O3S2-. The van der Waals surface area contributed by atoms with Crippen LogP contribution in [0.4, 0.5) is 4.79 Å². The summed E-state index contributed by atoms with van der Waals surface area (Å²) in [4.78, 5) is 21.5. The van der Waals surface area contributed by atoms with Crippen LogP contribution in [0.15, 0.2) is 5.57 Å². The van der Waals surface area contributed by atoms with Gasteiger partial charge in [-0.15, -0.1) is 0 Å². The Morgan fingerprint density at radius 3 is 2.31 bits per heavy atom. The van der Waals surface area contributed by atoms with Crippen molar-refractivity contribution >= 4 is 38.1 Å². The summed E-state index contributed by atoms with van der Waals surface area (Å²) in [5.74, 6) is -0.907. The van der Waals surface area contributed by atoms with E-state index in [-0.39, 0.29) is 123 Å². The summed E-state index contributed by atoms with van der Waals surface area (Å²) in [5, 5.41) is 12.0. The molecule has 1 N–H and O–H groups in total. The van der Waals surface area contributed by atoms with Gasteiger partial charge in [-0.1, -0.05) is 11.6 Å². The molecule has 0 saturated heterocycles. The summed E-state index contributed by atoms with van der Waals surface area (Å²) >= 11 is 4.24. The Morgan fingerprint density at radius 2 is 2.00 bits per heavy atom. The fraction of sp³-hybridized carbons (Fsp3) is 0.286. The van der Waals surface area contributed by atoms with E-state index in [1.807, 2.05) is 5.41 Å². The van der Waals surface area contributed by atoms with Gasteiger partial charge in [0.25, 0.3) is 0 Å². The number of rotatable bonds is 2. The molecule has 0 radical (unpaired) electrons. The molecule has 0 aliphatic rings. The topological polar surface area (TPSA) is 79.2 Å². The third kappa shape index (κ3) is 12.5. The Balaban J connectivity index is -0.000000240. The molecule has 9 heteroatoms. The summed E-state index contributed by atoms with van der Waals surface area (Å²) in [6.45, 7) is 1.73. The molecule has 0 heterocycles. The number of carbonyl (C=O) groups is 2. The normalized spacial score (nSPS) is 8.12. The second kappa shape index (κ2) is 17.0. The van der Waals surface area contributed by atoms with Gasteiger partial charge in [0.05, 0.1) is 6.61 Å². The van der Waals surface area contributed by atoms with Gasteiger partial charge < -0.3 is 46.4 Å². The average molecular weight is 309 g/mol. The zero-order valence-corrected chi connectivity index (χ0v) is 17.2. The number of carbonyl (C=O) groups excluding carboxylic acids is 2. The van der Waals surface area contributed by atoms with Crippen molar-refractivity contribution in [2.45, 2.75) is 6.92 Å². The van der Waals surface area contributed by atoms with Crippen LogP contribution in [0.3, 0.4) is 0 Å². The van der Waals surface area contributed by atoms with Crippen molar-refractivity contribution in [2.75, 3.05) is 6.61 Å². The molecule has 5 nitrogen and oxygen atoms in total. The molecule has 2 amide bonds. The number of nitrogens with one attached hydrogen (secondary N) is 1. The van der Waals surface area contributed by atoms with Crippen LogP contribution in [0.2, 0.25) is 0 Å². The van der Waals surface area contributed by atoms with E-state index in [1.54, 1.807) is 12.2 Å². The summed E-state index contributed by atoms with van der Waals surface area (Å²) < 4.78 is 4.40. The van der Waals surface area contributed by atoms with Crippen molar-refractivity contribution in [3.05, 3.63) is 11.0 Å². The predicted molar refractivity (Wildman–Crippen MR) is 53.7 cm³/mol. The fourth-order valence-corrected chi connectivity index (χ4v) is 0.581. The third-order valence-electron chi connectivity index (χ3n) is 0.932. The van der Waals surface area contributed by atoms with Crippen LogP contribution in [0.5, 0.6) is 0 Å². The second-order valence-electron chi connectivity index (χ2n) is 1.76. The van der Waals surface area contributed by atoms with Crippen molar-refractivity contribution in [3.63, 3.8) is 0 Å². The Kier molecular flexibility index (Phi) is 28.2. The molecule has 0 fully saturated rings. The number of thiol groups is 1. The van der Waals surface area contributed by atoms with Crippen LogP contribution < -0.4 is 108 Å². The van der Waals surface area contributed by atoms with Gasteiger partial charge in [-0.2, -0.15) is 0 Å². The number of ether oxygens (including phenoxy) is 1. The molecular weight excluding hydrogens is 302 g/mol. The molecule has 16 heavy (non-hydrogen) atoms. The van der Waals surface area contributed by atoms with Gasteiger partial charge >= 0.3 is 109 Å². The summed E-state index contributed by atoms with van der Waals surface area (Å²) in [7, 11) is 0. The van der Waals surface area contributed by atoms with Gasteiger partial charge in [-0.3, -0.25) is 5.26 Å². The minimum absolute atomic E-state index is 0. The quantitative estimate of drug-likeness (QED) is 0.137. The molecule has 78 valence electrons. The van der Waals surface area contributed by atoms with Crippen LogP contribution in [0.25, 0.3) is 0 Å². The molecule has 0 aliphatic heterocycles. The molecule has 0 aromatic heterocycles. The van der Waals surface area contributed by atoms with E-state index in [9.17, 15) is 9.59 Å². The maximum Gasteiger partial charge on any atom is 1.00 e. The first-order valence-electron chi connectivity index (χ1n) is 3.29. The van der Waals surface area contributed by atoms with Crippen molar-refractivity contribution in [1.29, 1.82) is 5.26 Å². The molecule has 0 rings (SSSR count). The largest absolute Gasteiger partial charge is 1.00 e. The van der Waals surface area contributed by atoms with Gasteiger partial charge in [-0.25, -0.2) is 4.79 Å². The predicted octanol–water partition coefficient (Wildman–Crippen LogP) is -6.25.